The van der Waals surface area contributed by atoms with Crippen LogP contribution in [-0.4, -0.2) is 12.6 Å². The Balaban J connectivity index is 2.60. The van der Waals surface area contributed by atoms with Gasteiger partial charge in [0.15, 0.2) is 0 Å². The lowest BCUT2D eigenvalue weighted by molar-refractivity contribution is 0.352. The molecule has 88 valence electrons. The van der Waals surface area contributed by atoms with Crippen LogP contribution in [0.3, 0.4) is 0 Å². The predicted octanol–water partition coefficient (Wildman–Crippen LogP) is 3.10. The van der Waals surface area contributed by atoms with E-state index in [4.69, 9.17) is 22.1 Å². The van der Waals surface area contributed by atoms with E-state index in [1.165, 1.54) is 11.1 Å². The van der Waals surface area contributed by atoms with Gasteiger partial charge in [-0.1, -0.05) is 23.7 Å². The van der Waals surface area contributed by atoms with Crippen LogP contribution in [0, 0.1) is 0 Å². The summed E-state index contributed by atoms with van der Waals surface area (Å²) in [6.07, 6.45) is 0.863. The van der Waals surface area contributed by atoms with Crippen LogP contribution in [0.15, 0.2) is 35.4 Å². The van der Waals surface area contributed by atoms with Crippen LogP contribution in [0.25, 0.3) is 0 Å². The molecule has 0 fully saturated rings. The lowest BCUT2D eigenvalue weighted by atomic mass is 10.1. The predicted molar refractivity (Wildman–Crippen MR) is 68.9 cm³/mol. The van der Waals surface area contributed by atoms with Gasteiger partial charge in [-0.2, -0.15) is 0 Å². The maximum atomic E-state index is 5.75. The van der Waals surface area contributed by atoms with Crippen LogP contribution >= 0.6 is 11.6 Å². The van der Waals surface area contributed by atoms with Crippen LogP contribution in [0.5, 0.6) is 5.75 Å². The summed E-state index contributed by atoms with van der Waals surface area (Å²) in [6.45, 7) is 4.44. The van der Waals surface area contributed by atoms with Crippen molar-refractivity contribution in [2.45, 2.75) is 26.3 Å². The molecule has 0 saturated heterocycles. The number of benzene rings is 1. The topological polar surface area (TPSA) is 35.2 Å². The first-order valence-electron chi connectivity index (χ1n) is 5.35. The third kappa shape index (κ3) is 4.69. The summed E-state index contributed by atoms with van der Waals surface area (Å²) in [4.78, 5) is 0. The van der Waals surface area contributed by atoms with Crippen LogP contribution in [-0.2, 0) is 6.42 Å². The van der Waals surface area contributed by atoms with Gasteiger partial charge in [-0.25, -0.2) is 0 Å². The van der Waals surface area contributed by atoms with Gasteiger partial charge in [0, 0.05) is 11.6 Å². The molecule has 2 nitrogen and oxygen atoms in total. The van der Waals surface area contributed by atoms with Gasteiger partial charge in [-0.15, -0.1) is 0 Å². The Hall–Kier alpha value is -0.990. The highest BCUT2D eigenvalue weighted by Crippen LogP contribution is 2.15. The first-order chi connectivity index (χ1) is 7.61. The summed E-state index contributed by atoms with van der Waals surface area (Å²) >= 11 is 5.56. The monoisotopic (exact) mass is 239 g/mol. The van der Waals surface area contributed by atoms with Gasteiger partial charge >= 0.3 is 0 Å². The molecular weight excluding hydrogens is 222 g/mol. The molecule has 0 spiro atoms. The minimum atomic E-state index is 0.166. The number of hydrogen-bond donors (Lipinski definition) is 1. The van der Waals surface area contributed by atoms with Crippen molar-refractivity contribution in [2.24, 2.45) is 5.73 Å². The first-order valence-corrected chi connectivity index (χ1v) is 5.78. The van der Waals surface area contributed by atoms with E-state index in [1.807, 2.05) is 32.0 Å². The second-order valence-electron chi connectivity index (χ2n) is 4.07. The molecule has 0 aliphatic heterocycles. The molecule has 16 heavy (non-hydrogen) atoms. The van der Waals surface area contributed by atoms with Crippen molar-refractivity contribution in [1.82, 2.24) is 0 Å². The van der Waals surface area contributed by atoms with Crippen molar-refractivity contribution in [3.8, 4) is 5.75 Å². The average Bonchev–Trinajstić information content (AvgIpc) is 2.25. The molecule has 1 aromatic carbocycles. The van der Waals surface area contributed by atoms with E-state index in [-0.39, 0.29) is 6.04 Å². The fourth-order valence-corrected chi connectivity index (χ4v) is 1.43. The molecule has 1 rings (SSSR count). The Morgan fingerprint density at radius 3 is 2.94 bits per heavy atom. The Morgan fingerprint density at radius 2 is 2.31 bits per heavy atom. The Labute approximate surface area is 102 Å². The molecular formula is C13H18ClNO. The van der Waals surface area contributed by atoms with E-state index >= 15 is 0 Å². The van der Waals surface area contributed by atoms with Gasteiger partial charge in [-0.3, -0.25) is 0 Å². The quantitative estimate of drug-likeness (QED) is 0.857. The second kappa shape index (κ2) is 6.56. The van der Waals surface area contributed by atoms with Crippen molar-refractivity contribution in [3.63, 3.8) is 0 Å². The Bertz CT molecular complexity index is 361. The van der Waals surface area contributed by atoms with E-state index in [1.54, 1.807) is 0 Å². The molecule has 2 N–H and O–H groups in total. The number of hydrogen-bond acceptors (Lipinski definition) is 2. The van der Waals surface area contributed by atoms with E-state index < -0.39 is 0 Å². The summed E-state index contributed by atoms with van der Waals surface area (Å²) in [7, 11) is 0. The molecule has 0 saturated carbocycles. The molecule has 0 aliphatic carbocycles. The smallest absolute Gasteiger partial charge is 0.120 e. The highest BCUT2D eigenvalue weighted by Gasteiger charge is 2.00. The zero-order valence-electron chi connectivity index (χ0n) is 9.74. The van der Waals surface area contributed by atoms with Gasteiger partial charge in [0.1, 0.15) is 12.4 Å². The first kappa shape index (κ1) is 13.1. The summed E-state index contributed by atoms with van der Waals surface area (Å²) < 4.78 is 5.59. The van der Waals surface area contributed by atoms with Gasteiger partial charge in [0.05, 0.1) is 0 Å². The van der Waals surface area contributed by atoms with Crippen LogP contribution < -0.4 is 10.5 Å². The fourth-order valence-electron chi connectivity index (χ4n) is 1.36. The highest BCUT2D eigenvalue weighted by molar-refractivity contribution is 6.25. The van der Waals surface area contributed by atoms with Gasteiger partial charge in [0.2, 0.25) is 0 Å². The average molecular weight is 240 g/mol. The molecule has 3 heteroatoms. The summed E-state index contributed by atoms with van der Waals surface area (Å²) in [5, 5.41) is 0. The molecule has 1 unspecified atom stereocenters. The lowest BCUT2D eigenvalue weighted by Gasteiger charge is -2.09. The number of halogens is 1. The van der Waals surface area contributed by atoms with Crippen LogP contribution in [0.2, 0.25) is 0 Å². The van der Waals surface area contributed by atoms with Crippen molar-refractivity contribution in [2.75, 3.05) is 6.61 Å². The van der Waals surface area contributed by atoms with Crippen molar-refractivity contribution >= 4 is 11.6 Å². The third-order valence-electron chi connectivity index (χ3n) is 2.11. The second-order valence-corrected chi connectivity index (χ2v) is 4.29. The Morgan fingerprint density at radius 1 is 1.56 bits per heavy atom. The largest absolute Gasteiger partial charge is 0.489 e. The molecule has 0 amide bonds. The Kier molecular flexibility index (Phi) is 5.36. The van der Waals surface area contributed by atoms with Crippen LogP contribution in [0.4, 0.5) is 0 Å². The minimum absolute atomic E-state index is 0.166. The van der Waals surface area contributed by atoms with E-state index in [2.05, 4.69) is 6.07 Å². The van der Waals surface area contributed by atoms with Gasteiger partial charge in [-0.05, 0) is 43.5 Å². The zero-order valence-corrected chi connectivity index (χ0v) is 10.5. The number of nitrogens with two attached hydrogens (primary N) is 1. The maximum Gasteiger partial charge on any atom is 0.120 e. The summed E-state index contributed by atoms with van der Waals surface area (Å²) in [6, 6.07) is 8.16. The van der Waals surface area contributed by atoms with Crippen molar-refractivity contribution in [3.05, 3.63) is 40.9 Å². The standard InChI is InChI=1S/C13H18ClNO/c1-10(8-14)9-16-13-5-3-4-12(7-13)6-11(2)15/h3-5,7-8,11H,6,9,15H2,1-2H3/b10-8+. The fraction of sp³-hybridized carbons (Fsp3) is 0.385. The zero-order chi connectivity index (χ0) is 12.0. The molecule has 0 radical (unpaired) electrons. The van der Waals surface area contributed by atoms with E-state index in [0.29, 0.717) is 6.61 Å². The molecule has 0 heterocycles. The van der Waals surface area contributed by atoms with Crippen LogP contribution in [0.1, 0.15) is 19.4 Å². The third-order valence-corrected chi connectivity index (χ3v) is 2.48. The molecule has 0 aliphatic rings. The van der Waals surface area contributed by atoms with Crippen molar-refractivity contribution < 1.29 is 4.74 Å². The highest BCUT2D eigenvalue weighted by atomic mass is 35.5. The van der Waals surface area contributed by atoms with Gasteiger partial charge < -0.3 is 10.5 Å². The van der Waals surface area contributed by atoms with Gasteiger partial charge in [0.25, 0.3) is 0 Å². The van der Waals surface area contributed by atoms with E-state index in [9.17, 15) is 0 Å². The minimum Gasteiger partial charge on any atom is -0.489 e. The summed E-state index contributed by atoms with van der Waals surface area (Å²) in [5.74, 6) is 0.857. The number of rotatable bonds is 5. The number of ether oxygens (including phenoxy) is 1. The van der Waals surface area contributed by atoms with E-state index in [0.717, 1.165) is 17.7 Å². The molecule has 0 bridgehead atoms. The normalized spacial score (nSPS) is 13.6. The van der Waals surface area contributed by atoms with Crippen molar-refractivity contribution in [1.29, 1.82) is 0 Å². The molecule has 1 atom stereocenters. The summed E-state index contributed by atoms with van der Waals surface area (Å²) in [5.41, 5.74) is 9.48. The lowest BCUT2D eigenvalue weighted by Crippen LogP contribution is -2.17. The maximum absolute atomic E-state index is 5.75. The SMILES string of the molecule is C/C(=C\Cl)COc1cccc(CC(C)N)c1. The molecule has 0 aromatic heterocycles. The molecule has 1 aromatic rings.